The molecule has 1 saturated carbocycles. The second-order valence-electron chi connectivity index (χ2n) is 5.00. The summed E-state index contributed by atoms with van der Waals surface area (Å²) in [5.41, 5.74) is 0. The van der Waals surface area contributed by atoms with Crippen molar-refractivity contribution in [1.29, 1.82) is 0 Å². The first-order valence-electron chi connectivity index (χ1n) is 6.42. The van der Waals surface area contributed by atoms with Crippen molar-refractivity contribution < 1.29 is 5.11 Å². The van der Waals surface area contributed by atoms with Crippen molar-refractivity contribution in [2.24, 2.45) is 0 Å². The third kappa shape index (κ3) is 3.66. The van der Waals surface area contributed by atoms with E-state index >= 15 is 0 Å². The number of hydrogen-bond donors (Lipinski definition) is 1. The fourth-order valence-corrected chi connectivity index (χ4v) is 3.25. The van der Waals surface area contributed by atoms with Crippen molar-refractivity contribution in [3.8, 4) is 0 Å². The molecule has 2 unspecified atom stereocenters. The maximum Gasteiger partial charge on any atom is 0.209 e. The highest BCUT2D eigenvalue weighted by Crippen LogP contribution is 2.32. The summed E-state index contributed by atoms with van der Waals surface area (Å²) in [6, 6.07) is 0. The largest absolute Gasteiger partial charge is 0.392 e. The molecule has 1 aliphatic carbocycles. The number of rotatable bonds is 5. The Labute approximate surface area is 112 Å². The molecular weight excluding hydrogens is 250 g/mol. The van der Waals surface area contributed by atoms with Crippen molar-refractivity contribution in [2.75, 3.05) is 20.6 Å². The highest BCUT2D eigenvalue weighted by molar-refractivity contribution is 7.99. The zero-order valence-corrected chi connectivity index (χ0v) is 11.8. The van der Waals surface area contributed by atoms with Crippen LogP contribution in [0.4, 0.5) is 0 Å². The standard InChI is InChI=1S/C11H21N5OS/c1-15(2)7-8-16-11(12-13-14-16)18-10-6-4-3-5-9(10)17/h9-10,17H,3-8H2,1-2H3. The van der Waals surface area contributed by atoms with Crippen molar-refractivity contribution in [3.63, 3.8) is 0 Å². The van der Waals surface area contributed by atoms with Crippen molar-refractivity contribution in [3.05, 3.63) is 0 Å². The molecule has 0 amide bonds. The Morgan fingerprint density at radius 3 is 2.89 bits per heavy atom. The minimum absolute atomic E-state index is 0.220. The normalized spacial score (nSPS) is 24.7. The van der Waals surface area contributed by atoms with Crippen LogP contribution in [0.2, 0.25) is 0 Å². The Balaban J connectivity index is 1.94. The molecule has 0 saturated heterocycles. The Morgan fingerprint density at radius 1 is 1.39 bits per heavy atom. The van der Waals surface area contributed by atoms with Gasteiger partial charge >= 0.3 is 0 Å². The van der Waals surface area contributed by atoms with Crippen LogP contribution in [0.5, 0.6) is 0 Å². The molecule has 1 N–H and O–H groups in total. The smallest absolute Gasteiger partial charge is 0.209 e. The number of nitrogens with zero attached hydrogens (tertiary/aromatic N) is 5. The van der Waals surface area contributed by atoms with E-state index in [-0.39, 0.29) is 11.4 Å². The Bertz CT molecular complexity index is 370. The minimum Gasteiger partial charge on any atom is -0.392 e. The van der Waals surface area contributed by atoms with E-state index in [0.717, 1.165) is 37.5 Å². The number of hydrogen-bond acceptors (Lipinski definition) is 6. The molecule has 0 spiro atoms. The monoisotopic (exact) mass is 271 g/mol. The SMILES string of the molecule is CN(C)CCn1nnnc1SC1CCCCC1O. The van der Waals surface area contributed by atoms with Gasteiger partial charge in [0.15, 0.2) is 0 Å². The predicted molar refractivity (Wildman–Crippen MR) is 70.5 cm³/mol. The van der Waals surface area contributed by atoms with Gasteiger partial charge in [-0.05, 0) is 37.4 Å². The second-order valence-corrected chi connectivity index (χ2v) is 6.20. The summed E-state index contributed by atoms with van der Waals surface area (Å²) in [5.74, 6) is 0. The van der Waals surface area contributed by atoms with Crippen LogP contribution >= 0.6 is 11.8 Å². The third-order valence-electron chi connectivity index (χ3n) is 3.18. The Morgan fingerprint density at radius 2 is 2.17 bits per heavy atom. The summed E-state index contributed by atoms with van der Waals surface area (Å²) < 4.78 is 1.83. The zero-order chi connectivity index (χ0) is 13.0. The lowest BCUT2D eigenvalue weighted by Crippen LogP contribution is -2.27. The first kappa shape index (κ1) is 13.8. The van der Waals surface area contributed by atoms with Crippen LogP contribution in [0, 0.1) is 0 Å². The summed E-state index contributed by atoms with van der Waals surface area (Å²) >= 11 is 1.62. The van der Waals surface area contributed by atoms with Gasteiger partial charge in [0.1, 0.15) is 0 Å². The summed E-state index contributed by atoms with van der Waals surface area (Å²) in [6.07, 6.45) is 4.05. The molecule has 18 heavy (non-hydrogen) atoms. The summed E-state index contributed by atoms with van der Waals surface area (Å²) in [4.78, 5) is 2.10. The molecular formula is C11H21N5OS. The Kier molecular flexibility index (Phi) is 4.96. The molecule has 1 aromatic heterocycles. The lowest BCUT2D eigenvalue weighted by Gasteiger charge is -2.26. The highest BCUT2D eigenvalue weighted by Gasteiger charge is 2.26. The molecule has 0 bridgehead atoms. The average Bonchev–Trinajstić information content (AvgIpc) is 2.77. The van der Waals surface area contributed by atoms with E-state index in [0.29, 0.717) is 0 Å². The summed E-state index contributed by atoms with van der Waals surface area (Å²) in [6.45, 7) is 1.69. The second kappa shape index (κ2) is 6.49. The molecule has 1 aromatic rings. The van der Waals surface area contributed by atoms with E-state index in [4.69, 9.17) is 0 Å². The van der Waals surface area contributed by atoms with Gasteiger partial charge < -0.3 is 10.0 Å². The minimum atomic E-state index is -0.220. The lowest BCUT2D eigenvalue weighted by atomic mass is 9.97. The molecule has 0 radical (unpaired) electrons. The van der Waals surface area contributed by atoms with Gasteiger partial charge in [-0.1, -0.05) is 24.6 Å². The highest BCUT2D eigenvalue weighted by atomic mass is 32.2. The fraction of sp³-hybridized carbons (Fsp3) is 0.909. The van der Waals surface area contributed by atoms with E-state index in [2.05, 4.69) is 20.4 Å². The molecule has 1 heterocycles. The van der Waals surface area contributed by atoms with Crippen molar-refractivity contribution >= 4 is 11.8 Å². The molecule has 102 valence electrons. The van der Waals surface area contributed by atoms with Crippen molar-refractivity contribution in [2.45, 2.75) is 48.7 Å². The molecule has 7 heteroatoms. The number of thioether (sulfide) groups is 1. The molecule has 2 rings (SSSR count). The fourth-order valence-electron chi connectivity index (χ4n) is 2.07. The number of aliphatic hydroxyl groups is 1. The molecule has 0 aliphatic heterocycles. The molecule has 1 fully saturated rings. The van der Waals surface area contributed by atoms with Crippen LogP contribution in [0.25, 0.3) is 0 Å². The van der Waals surface area contributed by atoms with Crippen molar-refractivity contribution in [1.82, 2.24) is 25.1 Å². The maximum atomic E-state index is 9.97. The van der Waals surface area contributed by atoms with E-state index in [1.165, 1.54) is 6.42 Å². The van der Waals surface area contributed by atoms with E-state index in [1.54, 1.807) is 11.8 Å². The predicted octanol–water partition coefficient (Wildman–Crippen LogP) is 0.630. The number of aromatic nitrogens is 4. The van der Waals surface area contributed by atoms with Crippen LogP contribution in [0.3, 0.4) is 0 Å². The van der Waals surface area contributed by atoms with E-state index in [1.807, 2.05) is 18.8 Å². The van der Waals surface area contributed by atoms with Crippen LogP contribution in [0.15, 0.2) is 5.16 Å². The first-order chi connectivity index (χ1) is 8.66. The van der Waals surface area contributed by atoms with Gasteiger partial charge in [0, 0.05) is 11.8 Å². The average molecular weight is 271 g/mol. The molecule has 6 nitrogen and oxygen atoms in total. The van der Waals surface area contributed by atoms with Crippen LogP contribution in [-0.2, 0) is 6.54 Å². The Hall–Kier alpha value is -0.660. The van der Waals surface area contributed by atoms with E-state index < -0.39 is 0 Å². The van der Waals surface area contributed by atoms with Crippen LogP contribution in [0.1, 0.15) is 25.7 Å². The van der Waals surface area contributed by atoms with Gasteiger partial charge in [-0.3, -0.25) is 0 Å². The number of aliphatic hydroxyl groups excluding tert-OH is 1. The van der Waals surface area contributed by atoms with Crippen LogP contribution in [-0.4, -0.2) is 62.2 Å². The topological polar surface area (TPSA) is 67.1 Å². The molecule has 1 aliphatic rings. The van der Waals surface area contributed by atoms with Gasteiger partial charge in [0.2, 0.25) is 5.16 Å². The lowest BCUT2D eigenvalue weighted by molar-refractivity contribution is 0.136. The first-order valence-corrected chi connectivity index (χ1v) is 7.30. The maximum absolute atomic E-state index is 9.97. The van der Waals surface area contributed by atoms with Gasteiger partial charge in [-0.25, -0.2) is 4.68 Å². The molecule has 2 atom stereocenters. The van der Waals surface area contributed by atoms with Gasteiger partial charge in [0.05, 0.1) is 12.6 Å². The van der Waals surface area contributed by atoms with E-state index in [9.17, 15) is 5.11 Å². The molecule has 0 aromatic carbocycles. The number of tetrazole rings is 1. The van der Waals surface area contributed by atoms with Gasteiger partial charge in [0.25, 0.3) is 0 Å². The van der Waals surface area contributed by atoms with Gasteiger partial charge in [-0.15, -0.1) is 5.10 Å². The quantitative estimate of drug-likeness (QED) is 0.847. The zero-order valence-electron chi connectivity index (χ0n) is 11.0. The summed E-state index contributed by atoms with van der Waals surface area (Å²) in [5, 5.41) is 22.8. The van der Waals surface area contributed by atoms with Gasteiger partial charge in [-0.2, -0.15) is 0 Å². The third-order valence-corrected chi connectivity index (χ3v) is 4.54. The summed E-state index contributed by atoms with van der Waals surface area (Å²) in [7, 11) is 4.06. The number of likely N-dealkylation sites (N-methyl/N-ethyl adjacent to an activating group) is 1. The van der Waals surface area contributed by atoms with Crippen LogP contribution < -0.4 is 0 Å².